The number of halogens is 5. The van der Waals surface area contributed by atoms with E-state index in [1.54, 1.807) is 0 Å². The minimum atomic E-state index is -2.21. The molecule has 0 atom stereocenters. The summed E-state index contributed by atoms with van der Waals surface area (Å²) in [6.07, 6.45) is 0. The lowest BCUT2D eigenvalue weighted by atomic mass is 10.2. The molecule has 2 rings (SSSR count). The molecule has 0 unspecified atom stereocenters. The summed E-state index contributed by atoms with van der Waals surface area (Å²) in [7, 11) is 1.14. The molecule has 0 aromatic heterocycles. The third-order valence-corrected chi connectivity index (χ3v) is 2.76. The summed E-state index contributed by atoms with van der Waals surface area (Å²) < 4.78 is 66.4. The Balaban J connectivity index is 2.60. The summed E-state index contributed by atoms with van der Waals surface area (Å²) in [5, 5.41) is 9.11. The number of phenols is 1. The van der Waals surface area contributed by atoms with Gasteiger partial charge in [0.2, 0.25) is 5.82 Å². The number of aromatic hydroxyl groups is 1. The molecule has 106 valence electrons. The number of hydrogen-bond donors (Lipinski definition) is 1. The summed E-state index contributed by atoms with van der Waals surface area (Å²) >= 11 is 0. The lowest BCUT2D eigenvalue weighted by molar-refractivity contribution is 0.380. The van der Waals surface area contributed by atoms with Crippen LogP contribution in [0, 0.1) is 29.1 Å². The second-order valence-corrected chi connectivity index (χ2v) is 3.99. The standard InChI is InChI=1S/C13H8F5NO/c1-19(6-2-4-7(20)5-3-6)13-11(17)9(15)8(14)10(16)12(13)18/h2-5,20H,1H3. The monoisotopic (exact) mass is 289 g/mol. The van der Waals surface area contributed by atoms with E-state index in [-0.39, 0.29) is 11.4 Å². The highest BCUT2D eigenvalue weighted by molar-refractivity contribution is 5.64. The fraction of sp³-hybridized carbons (Fsp3) is 0.0769. The summed E-state index contributed by atoms with van der Waals surface area (Å²) in [6, 6.07) is 4.98. The highest BCUT2D eigenvalue weighted by atomic mass is 19.2. The van der Waals surface area contributed by atoms with Crippen molar-refractivity contribution in [1.82, 2.24) is 0 Å². The maximum absolute atomic E-state index is 13.6. The highest BCUT2D eigenvalue weighted by Gasteiger charge is 2.28. The van der Waals surface area contributed by atoms with E-state index in [0.29, 0.717) is 0 Å². The van der Waals surface area contributed by atoms with E-state index in [1.807, 2.05) is 0 Å². The Labute approximate surface area is 110 Å². The van der Waals surface area contributed by atoms with Gasteiger partial charge in [0, 0.05) is 12.7 Å². The Morgan fingerprint density at radius 3 is 1.60 bits per heavy atom. The van der Waals surface area contributed by atoms with Gasteiger partial charge in [0.25, 0.3) is 0 Å². The van der Waals surface area contributed by atoms with Gasteiger partial charge in [-0.05, 0) is 24.3 Å². The van der Waals surface area contributed by atoms with Gasteiger partial charge >= 0.3 is 0 Å². The van der Waals surface area contributed by atoms with Crippen molar-refractivity contribution in [2.45, 2.75) is 0 Å². The third kappa shape index (κ3) is 2.15. The first-order valence-electron chi connectivity index (χ1n) is 5.38. The first-order valence-corrected chi connectivity index (χ1v) is 5.38. The molecule has 0 aliphatic rings. The van der Waals surface area contributed by atoms with Crippen molar-refractivity contribution in [2.75, 3.05) is 11.9 Å². The lowest BCUT2D eigenvalue weighted by Gasteiger charge is -2.21. The SMILES string of the molecule is CN(c1ccc(O)cc1)c1c(F)c(F)c(F)c(F)c1F. The average Bonchev–Trinajstić information content (AvgIpc) is 2.44. The molecule has 0 aliphatic heterocycles. The highest BCUT2D eigenvalue weighted by Crippen LogP contribution is 2.33. The van der Waals surface area contributed by atoms with Crippen molar-refractivity contribution < 1.29 is 27.1 Å². The molecule has 2 aromatic carbocycles. The van der Waals surface area contributed by atoms with Crippen LogP contribution < -0.4 is 4.90 Å². The van der Waals surface area contributed by atoms with Gasteiger partial charge in [0.15, 0.2) is 23.3 Å². The predicted octanol–water partition coefficient (Wildman–Crippen LogP) is 3.86. The molecular weight excluding hydrogens is 281 g/mol. The topological polar surface area (TPSA) is 23.5 Å². The van der Waals surface area contributed by atoms with Crippen LogP contribution in [0.25, 0.3) is 0 Å². The van der Waals surface area contributed by atoms with Crippen molar-refractivity contribution in [3.8, 4) is 5.75 Å². The molecule has 0 radical (unpaired) electrons. The van der Waals surface area contributed by atoms with Crippen molar-refractivity contribution in [1.29, 1.82) is 0 Å². The van der Waals surface area contributed by atoms with E-state index in [0.717, 1.165) is 11.9 Å². The minimum absolute atomic E-state index is 0.0976. The molecular formula is C13H8F5NO. The van der Waals surface area contributed by atoms with Crippen LogP contribution in [-0.2, 0) is 0 Å². The number of nitrogens with zero attached hydrogens (tertiary/aromatic N) is 1. The van der Waals surface area contributed by atoms with Gasteiger partial charge in [0.1, 0.15) is 11.4 Å². The normalized spacial score (nSPS) is 10.7. The molecule has 0 fully saturated rings. The predicted molar refractivity (Wildman–Crippen MR) is 62.4 cm³/mol. The molecule has 0 heterocycles. The van der Waals surface area contributed by atoms with E-state index in [1.165, 1.54) is 24.3 Å². The number of anilines is 2. The zero-order valence-electron chi connectivity index (χ0n) is 10.1. The van der Waals surface area contributed by atoms with Crippen molar-refractivity contribution in [2.24, 2.45) is 0 Å². The van der Waals surface area contributed by atoms with Gasteiger partial charge in [-0.3, -0.25) is 0 Å². The smallest absolute Gasteiger partial charge is 0.200 e. The van der Waals surface area contributed by atoms with E-state index in [9.17, 15) is 22.0 Å². The van der Waals surface area contributed by atoms with E-state index in [2.05, 4.69) is 0 Å². The fourth-order valence-electron chi connectivity index (χ4n) is 1.69. The van der Waals surface area contributed by atoms with Crippen LogP contribution in [0.5, 0.6) is 5.75 Å². The van der Waals surface area contributed by atoms with Crippen molar-refractivity contribution >= 4 is 11.4 Å². The Kier molecular flexibility index (Phi) is 3.52. The van der Waals surface area contributed by atoms with E-state index >= 15 is 0 Å². The molecule has 2 aromatic rings. The molecule has 1 N–H and O–H groups in total. The fourth-order valence-corrected chi connectivity index (χ4v) is 1.69. The molecule has 7 heteroatoms. The van der Waals surface area contributed by atoms with Gasteiger partial charge in [0.05, 0.1) is 0 Å². The van der Waals surface area contributed by atoms with Crippen LogP contribution >= 0.6 is 0 Å². The Morgan fingerprint density at radius 1 is 0.750 bits per heavy atom. The van der Waals surface area contributed by atoms with Crippen LogP contribution in [0.1, 0.15) is 0 Å². The van der Waals surface area contributed by atoms with Crippen LogP contribution in [-0.4, -0.2) is 12.2 Å². The van der Waals surface area contributed by atoms with Gasteiger partial charge in [-0.1, -0.05) is 0 Å². The van der Waals surface area contributed by atoms with E-state index < -0.39 is 34.8 Å². The quantitative estimate of drug-likeness (QED) is 0.515. The average molecular weight is 289 g/mol. The second-order valence-electron chi connectivity index (χ2n) is 3.99. The number of phenolic OH excluding ortho intramolecular Hbond substituents is 1. The Hall–Kier alpha value is -2.31. The molecule has 0 aliphatic carbocycles. The Bertz CT molecular complexity index is 628. The second kappa shape index (κ2) is 4.99. The molecule has 0 spiro atoms. The van der Waals surface area contributed by atoms with E-state index in [4.69, 9.17) is 5.11 Å². The van der Waals surface area contributed by atoms with Crippen LogP contribution in [0.3, 0.4) is 0 Å². The van der Waals surface area contributed by atoms with Gasteiger partial charge < -0.3 is 10.0 Å². The first kappa shape index (κ1) is 14.1. The molecule has 0 amide bonds. The zero-order chi connectivity index (χ0) is 15.0. The zero-order valence-corrected chi connectivity index (χ0v) is 10.1. The van der Waals surface area contributed by atoms with Crippen LogP contribution in [0.15, 0.2) is 24.3 Å². The number of rotatable bonds is 2. The molecule has 0 bridgehead atoms. The maximum Gasteiger partial charge on any atom is 0.200 e. The first-order chi connectivity index (χ1) is 9.34. The summed E-state index contributed by atoms with van der Waals surface area (Å²) in [4.78, 5) is 0.801. The lowest BCUT2D eigenvalue weighted by Crippen LogP contribution is -2.16. The van der Waals surface area contributed by atoms with Gasteiger partial charge in [-0.2, -0.15) is 0 Å². The van der Waals surface area contributed by atoms with Crippen molar-refractivity contribution in [3.05, 3.63) is 53.4 Å². The maximum atomic E-state index is 13.6. The summed E-state index contributed by atoms with van der Waals surface area (Å²) in [5.74, 6) is -10.2. The van der Waals surface area contributed by atoms with Crippen molar-refractivity contribution in [3.63, 3.8) is 0 Å². The van der Waals surface area contributed by atoms with Crippen LogP contribution in [0.4, 0.5) is 33.3 Å². The largest absolute Gasteiger partial charge is 0.508 e. The summed E-state index contributed by atoms with van der Waals surface area (Å²) in [6.45, 7) is 0. The van der Waals surface area contributed by atoms with Gasteiger partial charge in [-0.25, -0.2) is 22.0 Å². The molecule has 0 saturated heterocycles. The summed E-state index contributed by atoms with van der Waals surface area (Å²) in [5.41, 5.74) is -0.918. The third-order valence-electron chi connectivity index (χ3n) is 2.76. The number of hydrogen-bond acceptors (Lipinski definition) is 2. The van der Waals surface area contributed by atoms with Crippen LogP contribution in [0.2, 0.25) is 0 Å². The molecule has 20 heavy (non-hydrogen) atoms. The minimum Gasteiger partial charge on any atom is -0.508 e. The molecule has 0 saturated carbocycles. The Morgan fingerprint density at radius 2 is 1.15 bits per heavy atom. The van der Waals surface area contributed by atoms with Gasteiger partial charge in [-0.15, -0.1) is 0 Å². The molecule has 2 nitrogen and oxygen atoms in total. The number of benzene rings is 2.